The Morgan fingerprint density at radius 1 is 0.921 bits per heavy atom. The molecular formula is C29H31N3O5S. The number of carbonyl (C=O) groups is 2. The molecule has 0 fully saturated rings. The summed E-state index contributed by atoms with van der Waals surface area (Å²) in [7, 11) is 6.53. The smallest absolute Gasteiger partial charge is 0.248 e. The molecule has 1 unspecified atom stereocenters. The van der Waals surface area contributed by atoms with Crippen LogP contribution in [0.25, 0.3) is 10.9 Å². The van der Waals surface area contributed by atoms with E-state index < -0.39 is 6.04 Å². The highest BCUT2D eigenvalue weighted by atomic mass is 32.1. The minimum Gasteiger partial charge on any atom is -0.496 e. The van der Waals surface area contributed by atoms with E-state index in [-0.39, 0.29) is 18.4 Å². The number of aryl methyl sites for hydroxylation is 1. The molecule has 0 spiro atoms. The third-order valence-electron chi connectivity index (χ3n) is 6.52. The zero-order valence-corrected chi connectivity index (χ0v) is 22.9. The van der Waals surface area contributed by atoms with Crippen molar-refractivity contribution in [3.05, 3.63) is 77.9 Å². The van der Waals surface area contributed by atoms with E-state index in [0.29, 0.717) is 33.5 Å². The number of nitrogens with one attached hydrogen (secondary N) is 1. The highest BCUT2D eigenvalue weighted by molar-refractivity contribution is 7.80. The zero-order chi connectivity index (χ0) is 27.4. The lowest BCUT2D eigenvalue weighted by molar-refractivity contribution is -0.126. The lowest BCUT2D eigenvalue weighted by atomic mass is 10.0. The number of anilines is 1. The summed E-state index contributed by atoms with van der Waals surface area (Å²) in [6.07, 6.45) is 0. The van der Waals surface area contributed by atoms with Gasteiger partial charge in [0, 0.05) is 54.3 Å². The summed E-state index contributed by atoms with van der Waals surface area (Å²) in [6, 6.07) is 19.3. The van der Waals surface area contributed by atoms with Crippen molar-refractivity contribution < 1.29 is 23.8 Å². The lowest BCUT2D eigenvalue weighted by Crippen LogP contribution is -2.43. The highest BCUT2D eigenvalue weighted by Gasteiger charge is 2.35. The summed E-state index contributed by atoms with van der Waals surface area (Å²) in [5.41, 5.74) is 2.81. The number of ether oxygens (including phenoxy) is 3. The number of benzene rings is 3. The first-order valence-corrected chi connectivity index (χ1v) is 12.4. The van der Waals surface area contributed by atoms with Crippen LogP contribution in [-0.4, -0.2) is 37.7 Å². The minimum absolute atomic E-state index is 0.212. The predicted molar refractivity (Wildman–Crippen MR) is 150 cm³/mol. The summed E-state index contributed by atoms with van der Waals surface area (Å²) in [5.74, 6) is 0.918. The third-order valence-corrected chi connectivity index (χ3v) is 7.07. The van der Waals surface area contributed by atoms with Crippen LogP contribution in [-0.2, 0) is 23.2 Å². The van der Waals surface area contributed by atoms with E-state index in [2.05, 4.69) is 5.32 Å². The number of hydrogen-bond acceptors (Lipinski definition) is 6. The topological polar surface area (TPSA) is 82.0 Å². The number of fused-ring (bicyclic) bond motifs is 1. The van der Waals surface area contributed by atoms with Crippen LogP contribution >= 0.6 is 12.6 Å². The molecule has 0 radical (unpaired) electrons. The summed E-state index contributed by atoms with van der Waals surface area (Å²) in [5, 5.41) is 4.42. The first-order valence-electron chi connectivity index (χ1n) is 12.0. The Hall–Kier alpha value is -4.11. The molecule has 1 atom stereocenters. The Balaban J connectivity index is 1.87. The maximum absolute atomic E-state index is 14.1. The molecule has 4 rings (SSSR count). The van der Waals surface area contributed by atoms with Gasteiger partial charge in [-0.25, -0.2) is 0 Å². The van der Waals surface area contributed by atoms with E-state index >= 15 is 0 Å². The quantitative estimate of drug-likeness (QED) is 0.299. The van der Waals surface area contributed by atoms with Gasteiger partial charge in [0.05, 0.1) is 26.4 Å². The maximum atomic E-state index is 14.1. The number of hydrogen-bond donors (Lipinski definition) is 2. The molecule has 38 heavy (non-hydrogen) atoms. The van der Waals surface area contributed by atoms with Gasteiger partial charge in [0.25, 0.3) is 0 Å². The second-order valence-electron chi connectivity index (χ2n) is 8.67. The van der Waals surface area contributed by atoms with Crippen molar-refractivity contribution in [3.63, 3.8) is 0 Å². The number of para-hydroxylation sites is 2. The van der Waals surface area contributed by atoms with Gasteiger partial charge in [-0.15, -0.1) is 12.6 Å². The Bertz CT molecular complexity index is 1480. The number of rotatable bonds is 9. The monoisotopic (exact) mass is 533 g/mol. The minimum atomic E-state index is -1.03. The van der Waals surface area contributed by atoms with Crippen molar-refractivity contribution in [2.45, 2.75) is 24.5 Å². The first kappa shape index (κ1) is 26.9. The molecule has 1 aromatic heterocycles. The molecule has 8 nitrogen and oxygen atoms in total. The van der Waals surface area contributed by atoms with Crippen LogP contribution < -0.4 is 24.4 Å². The Morgan fingerprint density at radius 3 is 2.26 bits per heavy atom. The van der Waals surface area contributed by atoms with Crippen LogP contribution in [0.5, 0.6) is 17.2 Å². The molecule has 1 N–H and O–H groups in total. The largest absolute Gasteiger partial charge is 0.496 e. The molecule has 4 aromatic rings. The van der Waals surface area contributed by atoms with Crippen molar-refractivity contribution in [2.24, 2.45) is 7.05 Å². The van der Waals surface area contributed by atoms with Crippen LogP contribution in [0.4, 0.5) is 5.69 Å². The van der Waals surface area contributed by atoms with Crippen molar-refractivity contribution in [2.75, 3.05) is 26.2 Å². The first-order chi connectivity index (χ1) is 18.3. The van der Waals surface area contributed by atoms with E-state index in [4.69, 9.17) is 26.8 Å². The van der Waals surface area contributed by atoms with Crippen molar-refractivity contribution >= 4 is 41.0 Å². The SMILES string of the molecule is COc1ccccc1CNC(=O)C(c1c(S)n(C)c2ccccc12)N(C(C)=O)c1ccc(OC)c(OC)c1. The second kappa shape index (κ2) is 11.5. The van der Waals surface area contributed by atoms with E-state index in [1.807, 2.05) is 60.1 Å². The Kier molecular flexibility index (Phi) is 8.16. The van der Waals surface area contributed by atoms with Crippen molar-refractivity contribution in [1.29, 1.82) is 0 Å². The summed E-state index contributed by atoms with van der Waals surface area (Å²) in [4.78, 5) is 28.8. The Morgan fingerprint density at radius 2 is 1.58 bits per heavy atom. The zero-order valence-electron chi connectivity index (χ0n) is 22.0. The van der Waals surface area contributed by atoms with Gasteiger partial charge in [-0.3, -0.25) is 14.5 Å². The molecule has 0 aliphatic carbocycles. The molecule has 9 heteroatoms. The standard InChI is InChI=1S/C29H31N3O5S/c1-18(33)32(20-14-15-24(36-4)25(16-20)37-5)27(26-21-11-7-8-12-22(21)31(2)29(26)38)28(34)30-17-19-10-6-9-13-23(19)35-3/h6-16,27,38H,17H2,1-5H3,(H,30,34). The van der Waals surface area contributed by atoms with Gasteiger partial charge < -0.3 is 24.1 Å². The van der Waals surface area contributed by atoms with Gasteiger partial charge in [-0.2, -0.15) is 0 Å². The summed E-state index contributed by atoms with van der Waals surface area (Å²) < 4.78 is 18.2. The number of amides is 2. The fraction of sp³-hybridized carbons (Fsp3) is 0.241. The number of carbonyl (C=O) groups excluding carboxylic acids is 2. The molecule has 0 bridgehead atoms. The van der Waals surface area contributed by atoms with Gasteiger partial charge >= 0.3 is 0 Å². The molecule has 2 amide bonds. The van der Waals surface area contributed by atoms with E-state index in [1.54, 1.807) is 25.3 Å². The highest BCUT2D eigenvalue weighted by Crippen LogP contribution is 2.40. The second-order valence-corrected chi connectivity index (χ2v) is 9.10. The number of aromatic nitrogens is 1. The predicted octanol–water partition coefficient (Wildman–Crippen LogP) is 4.90. The fourth-order valence-corrected chi connectivity index (χ4v) is 5.02. The van der Waals surface area contributed by atoms with Crippen LogP contribution in [0.2, 0.25) is 0 Å². The van der Waals surface area contributed by atoms with E-state index in [1.165, 1.54) is 26.0 Å². The number of methoxy groups -OCH3 is 3. The van der Waals surface area contributed by atoms with Crippen molar-refractivity contribution in [3.8, 4) is 17.2 Å². The fourth-order valence-electron chi connectivity index (χ4n) is 4.67. The van der Waals surface area contributed by atoms with E-state index in [9.17, 15) is 9.59 Å². The average molecular weight is 534 g/mol. The molecule has 3 aromatic carbocycles. The third kappa shape index (κ3) is 5.02. The normalized spacial score (nSPS) is 11.6. The molecule has 0 saturated carbocycles. The Labute approximate surface area is 227 Å². The van der Waals surface area contributed by atoms with Gasteiger partial charge in [-0.05, 0) is 24.3 Å². The van der Waals surface area contributed by atoms with Gasteiger partial charge in [-0.1, -0.05) is 36.4 Å². The van der Waals surface area contributed by atoms with Gasteiger partial charge in [0.2, 0.25) is 11.8 Å². The van der Waals surface area contributed by atoms with Crippen LogP contribution in [0.15, 0.2) is 71.8 Å². The lowest BCUT2D eigenvalue weighted by Gasteiger charge is -2.31. The number of thiol groups is 1. The molecule has 1 heterocycles. The van der Waals surface area contributed by atoms with Gasteiger partial charge in [0.15, 0.2) is 11.5 Å². The van der Waals surface area contributed by atoms with Crippen LogP contribution in [0.3, 0.4) is 0 Å². The number of nitrogens with zero attached hydrogens (tertiary/aromatic N) is 2. The molecule has 0 saturated heterocycles. The average Bonchev–Trinajstić information content (AvgIpc) is 3.19. The molecule has 0 aliphatic heterocycles. The maximum Gasteiger partial charge on any atom is 0.248 e. The molecule has 198 valence electrons. The van der Waals surface area contributed by atoms with Gasteiger partial charge in [0.1, 0.15) is 11.8 Å². The van der Waals surface area contributed by atoms with E-state index in [0.717, 1.165) is 16.5 Å². The summed E-state index contributed by atoms with van der Waals surface area (Å²) in [6.45, 7) is 1.64. The molecule has 0 aliphatic rings. The van der Waals surface area contributed by atoms with Crippen LogP contribution in [0.1, 0.15) is 24.1 Å². The van der Waals surface area contributed by atoms with Crippen molar-refractivity contribution in [1.82, 2.24) is 9.88 Å². The molecular weight excluding hydrogens is 502 g/mol. The van der Waals surface area contributed by atoms with Crippen LogP contribution in [0, 0.1) is 0 Å². The summed E-state index contributed by atoms with van der Waals surface area (Å²) >= 11 is 4.80.